The van der Waals surface area contributed by atoms with Crippen LogP contribution in [0.25, 0.3) is 0 Å². The Kier molecular flexibility index (Phi) is 4.84. The Labute approximate surface area is 125 Å². The third kappa shape index (κ3) is 4.67. The number of nitrogens with one attached hydrogen (secondary N) is 1. The van der Waals surface area contributed by atoms with Crippen LogP contribution in [0.4, 0.5) is 10.5 Å². The van der Waals surface area contributed by atoms with Crippen molar-refractivity contribution in [2.45, 2.75) is 45.6 Å². The number of carbonyl (C=O) groups is 1. The van der Waals surface area contributed by atoms with Gasteiger partial charge in [0.05, 0.1) is 24.3 Å². The molecule has 0 heterocycles. The second-order valence-corrected chi connectivity index (χ2v) is 6.28. The summed E-state index contributed by atoms with van der Waals surface area (Å²) in [5.41, 5.74) is -0.114. The number of hydrogen-bond acceptors (Lipinski definition) is 4. The smallest absolute Gasteiger partial charge is 0.412 e. The lowest BCUT2D eigenvalue weighted by atomic mass is 9.85. The molecular formula is C16H22N2O3. The maximum atomic E-state index is 11.9. The third-order valence-corrected chi connectivity index (χ3v) is 2.82. The molecule has 0 bridgehead atoms. The van der Waals surface area contributed by atoms with Crippen LogP contribution in [0.15, 0.2) is 18.2 Å². The summed E-state index contributed by atoms with van der Waals surface area (Å²) in [5, 5.41) is 12.0. The average Bonchev–Trinajstić information content (AvgIpc) is 2.36. The molecule has 114 valence electrons. The number of hydrogen-bond donors (Lipinski definition) is 1. The van der Waals surface area contributed by atoms with Gasteiger partial charge in [-0.3, -0.25) is 5.32 Å². The fraction of sp³-hybridized carbons (Fsp3) is 0.500. The van der Waals surface area contributed by atoms with Crippen molar-refractivity contribution in [3.05, 3.63) is 23.8 Å². The van der Waals surface area contributed by atoms with Gasteiger partial charge in [0.2, 0.25) is 0 Å². The number of nitriles is 1. The van der Waals surface area contributed by atoms with Gasteiger partial charge in [-0.25, -0.2) is 4.79 Å². The Bertz CT molecular complexity index is 566. The van der Waals surface area contributed by atoms with Crippen molar-refractivity contribution in [3.8, 4) is 11.8 Å². The van der Waals surface area contributed by atoms with Gasteiger partial charge in [0, 0.05) is 6.07 Å². The molecule has 1 aromatic rings. The van der Waals surface area contributed by atoms with Gasteiger partial charge in [-0.2, -0.15) is 5.26 Å². The molecule has 0 spiro atoms. The van der Waals surface area contributed by atoms with E-state index in [-0.39, 0.29) is 0 Å². The van der Waals surface area contributed by atoms with Crippen molar-refractivity contribution in [1.29, 1.82) is 5.26 Å². The van der Waals surface area contributed by atoms with Crippen LogP contribution < -0.4 is 10.1 Å². The molecule has 5 heteroatoms. The molecule has 0 saturated carbocycles. The quantitative estimate of drug-likeness (QED) is 0.918. The minimum absolute atomic E-state index is 0.509. The number of nitrogens with zero attached hydrogens (tertiary/aromatic N) is 1. The number of amides is 1. The second-order valence-electron chi connectivity index (χ2n) is 6.28. The van der Waals surface area contributed by atoms with Crippen molar-refractivity contribution in [1.82, 2.24) is 0 Å². The molecule has 0 aliphatic carbocycles. The first-order valence-corrected chi connectivity index (χ1v) is 6.69. The molecule has 0 aliphatic heterocycles. The highest BCUT2D eigenvalue weighted by Crippen LogP contribution is 2.32. The van der Waals surface area contributed by atoms with Gasteiger partial charge in [0.15, 0.2) is 0 Å². The number of methoxy groups -OCH3 is 1. The van der Waals surface area contributed by atoms with Crippen molar-refractivity contribution in [3.63, 3.8) is 0 Å². The minimum Gasteiger partial charge on any atom is -0.497 e. The van der Waals surface area contributed by atoms with E-state index in [1.807, 2.05) is 0 Å². The predicted molar refractivity (Wildman–Crippen MR) is 81.5 cm³/mol. The zero-order valence-corrected chi connectivity index (χ0v) is 13.4. The third-order valence-electron chi connectivity index (χ3n) is 2.82. The molecular weight excluding hydrogens is 268 g/mol. The Morgan fingerprint density at radius 1 is 1.24 bits per heavy atom. The monoisotopic (exact) mass is 290 g/mol. The highest BCUT2D eigenvalue weighted by Gasteiger charge is 2.25. The van der Waals surface area contributed by atoms with Crippen LogP contribution in [0.1, 0.15) is 40.2 Å². The predicted octanol–water partition coefficient (Wildman–Crippen LogP) is 3.84. The number of ether oxygens (including phenoxy) is 2. The van der Waals surface area contributed by atoms with E-state index in [0.29, 0.717) is 17.0 Å². The van der Waals surface area contributed by atoms with Gasteiger partial charge in [-0.1, -0.05) is 6.07 Å². The summed E-state index contributed by atoms with van der Waals surface area (Å²) in [4.78, 5) is 11.9. The molecule has 1 N–H and O–H groups in total. The van der Waals surface area contributed by atoms with E-state index in [0.717, 1.165) is 0 Å². The van der Waals surface area contributed by atoms with Crippen LogP contribution in [0.2, 0.25) is 0 Å². The van der Waals surface area contributed by atoms with E-state index in [1.54, 1.807) is 59.9 Å². The molecule has 0 atom stereocenters. The Hall–Kier alpha value is -2.22. The van der Waals surface area contributed by atoms with Crippen LogP contribution in [0.3, 0.4) is 0 Å². The second kappa shape index (κ2) is 6.04. The maximum Gasteiger partial charge on any atom is 0.412 e. The summed E-state index contributed by atoms with van der Waals surface area (Å²) in [5.74, 6) is 0.596. The molecule has 0 radical (unpaired) electrons. The van der Waals surface area contributed by atoms with Gasteiger partial charge in [0.1, 0.15) is 11.4 Å². The van der Waals surface area contributed by atoms with Crippen LogP contribution in [-0.4, -0.2) is 18.8 Å². The van der Waals surface area contributed by atoms with E-state index >= 15 is 0 Å². The summed E-state index contributed by atoms with van der Waals surface area (Å²) >= 11 is 0. The Morgan fingerprint density at radius 2 is 1.86 bits per heavy atom. The fourth-order valence-electron chi connectivity index (χ4n) is 1.77. The fourth-order valence-corrected chi connectivity index (χ4v) is 1.77. The zero-order chi connectivity index (χ0) is 16.3. The Morgan fingerprint density at radius 3 is 2.33 bits per heavy atom. The summed E-state index contributed by atoms with van der Waals surface area (Å²) in [6.07, 6.45) is -0.564. The molecule has 0 aliphatic rings. The summed E-state index contributed by atoms with van der Waals surface area (Å²) in [7, 11) is 1.54. The highest BCUT2D eigenvalue weighted by molar-refractivity contribution is 5.86. The van der Waals surface area contributed by atoms with Crippen LogP contribution in [0.5, 0.6) is 5.75 Å². The summed E-state index contributed by atoms with van der Waals surface area (Å²) in [6.45, 7) is 8.94. The molecule has 5 nitrogen and oxygen atoms in total. The van der Waals surface area contributed by atoms with E-state index in [9.17, 15) is 10.1 Å². The van der Waals surface area contributed by atoms with Gasteiger partial charge < -0.3 is 9.47 Å². The van der Waals surface area contributed by atoms with Crippen LogP contribution in [-0.2, 0) is 10.2 Å². The average molecular weight is 290 g/mol. The summed E-state index contributed by atoms with van der Waals surface area (Å²) < 4.78 is 10.4. The lowest BCUT2D eigenvalue weighted by Gasteiger charge is -2.23. The van der Waals surface area contributed by atoms with E-state index in [4.69, 9.17) is 9.47 Å². The molecule has 1 aromatic carbocycles. The molecule has 1 amide bonds. The van der Waals surface area contributed by atoms with Crippen molar-refractivity contribution < 1.29 is 14.3 Å². The van der Waals surface area contributed by atoms with E-state index in [1.165, 1.54) is 0 Å². The van der Waals surface area contributed by atoms with Crippen LogP contribution >= 0.6 is 0 Å². The number of benzene rings is 1. The first-order chi connectivity index (χ1) is 9.59. The van der Waals surface area contributed by atoms with Gasteiger partial charge in [0.25, 0.3) is 0 Å². The van der Waals surface area contributed by atoms with E-state index < -0.39 is 17.1 Å². The molecule has 0 fully saturated rings. The lowest BCUT2D eigenvalue weighted by Crippen LogP contribution is -2.28. The molecule has 1 rings (SSSR count). The molecule has 0 saturated heterocycles. The lowest BCUT2D eigenvalue weighted by molar-refractivity contribution is 0.0635. The minimum atomic E-state index is -0.739. The number of anilines is 1. The topological polar surface area (TPSA) is 71.3 Å². The van der Waals surface area contributed by atoms with Gasteiger partial charge in [-0.15, -0.1) is 0 Å². The normalized spacial score (nSPS) is 11.5. The highest BCUT2D eigenvalue weighted by atomic mass is 16.6. The molecule has 21 heavy (non-hydrogen) atoms. The largest absolute Gasteiger partial charge is 0.497 e. The van der Waals surface area contributed by atoms with Crippen LogP contribution in [0, 0.1) is 11.3 Å². The SMILES string of the molecule is COc1ccc(C(C)(C)C#N)c(NC(=O)OC(C)(C)C)c1. The maximum absolute atomic E-state index is 11.9. The molecule has 0 unspecified atom stereocenters. The van der Waals surface area contributed by atoms with E-state index in [2.05, 4.69) is 11.4 Å². The van der Waals surface area contributed by atoms with Crippen molar-refractivity contribution >= 4 is 11.8 Å². The van der Waals surface area contributed by atoms with Gasteiger partial charge >= 0.3 is 6.09 Å². The molecule has 0 aromatic heterocycles. The number of carbonyl (C=O) groups excluding carboxylic acids is 1. The standard InChI is InChI=1S/C16H22N2O3/c1-15(2,3)21-14(19)18-13-9-11(20-6)7-8-12(13)16(4,5)10-17/h7-9H,1-6H3,(H,18,19). The van der Waals surface area contributed by atoms with Crippen molar-refractivity contribution in [2.24, 2.45) is 0 Å². The Balaban J connectivity index is 3.14. The number of rotatable bonds is 3. The van der Waals surface area contributed by atoms with Gasteiger partial charge in [-0.05, 0) is 46.2 Å². The summed E-state index contributed by atoms with van der Waals surface area (Å²) in [6, 6.07) is 7.43. The zero-order valence-electron chi connectivity index (χ0n) is 13.4. The first-order valence-electron chi connectivity index (χ1n) is 6.69. The van der Waals surface area contributed by atoms with Crippen molar-refractivity contribution in [2.75, 3.05) is 12.4 Å². The first kappa shape index (κ1) is 16.8.